The first-order chi connectivity index (χ1) is 14.1. The highest BCUT2D eigenvalue weighted by molar-refractivity contribution is 5.80. The number of ether oxygens (including phenoxy) is 1. The molecule has 0 aromatic heterocycles. The number of para-hydroxylation sites is 2. The normalized spacial score (nSPS) is 18.7. The molecule has 1 aromatic rings. The number of anilines is 1. The van der Waals surface area contributed by atoms with E-state index in [2.05, 4.69) is 37.1 Å². The molecule has 0 aliphatic carbocycles. The van der Waals surface area contributed by atoms with Gasteiger partial charge in [-0.2, -0.15) is 0 Å². The topological polar surface area (TPSA) is 63.7 Å². The number of guanidine groups is 1. The van der Waals surface area contributed by atoms with Gasteiger partial charge in [0.1, 0.15) is 5.75 Å². The summed E-state index contributed by atoms with van der Waals surface area (Å²) in [7, 11) is 3.57. The molecule has 2 aliphatic heterocycles. The van der Waals surface area contributed by atoms with E-state index in [1.54, 1.807) is 14.0 Å². The average Bonchev–Trinajstić information content (AvgIpc) is 2.77. The van der Waals surface area contributed by atoms with Crippen molar-refractivity contribution >= 4 is 17.6 Å². The van der Waals surface area contributed by atoms with Crippen LogP contribution in [0.3, 0.4) is 0 Å². The van der Waals surface area contributed by atoms with Crippen LogP contribution in [0.15, 0.2) is 29.3 Å². The summed E-state index contributed by atoms with van der Waals surface area (Å²) in [5, 5.41) is 3.51. The van der Waals surface area contributed by atoms with Crippen LogP contribution in [0.1, 0.15) is 6.92 Å². The van der Waals surface area contributed by atoms with Gasteiger partial charge in [0.05, 0.1) is 12.8 Å². The minimum absolute atomic E-state index is 0.176. The van der Waals surface area contributed by atoms with Crippen molar-refractivity contribution in [2.24, 2.45) is 4.99 Å². The van der Waals surface area contributed by atoms with Gasteiger partial charge in [-0.15, -0.1) is 0 Å². The third kappa shape index (κ3) is 5.53. The SMILES string of the molecule is CN=C(NCCN1CCN(C(C)=O)CC1)N1CCN(c2ccccc2OC)CC1. The van der Waals surface area contributed by atoms with Gasteiger partial charge >= 0.3 is 0 Å². The van der Waals surface area contributed by atoms with Crippen LogP contribution in [0.4, 0.5) is 5.69 Å². The number of carbonyl (C=O) groups excluding carboxylic acids is 1. The molecule has 0 saturated carbocycles. The Kier molecular flexibility index (Phi) is 7.57. The first kappa shape index (κ1) is 21.2. The van der Waals surface area contributed by atoms with Gasteiger partial charge in [0.2, 0.25) is 5.91 Å². The molecule has 3 rings (SSSR count). The van der Waals surface area contributed by atoms with Crippen molar-refractivity contribution in [3.63, 3.8) is 0 Å². The van der Waals surface area contributed by atoms with Crippen LogP contribution in [0.5, 0.6) is 5.75 Å². The smallest absolute Gasteiger partial charge is 0.219 e. The van der Waals surface area contributed by atoms with Crippen LogP contribution in [0.25, 0.3) is 0 Å². The summed E-state index contributed by atoms with van der Waals surface area (Å²) in [5.74, 6) is 2.07. The van der Waals surface area contributed by atoms with Gasteiger partial charge in [-0.3, -0.25) is 14.7 Å². The van der Waals surface area contributed by atoms with Gasteiger partial charge in [-0.05, 0) is 12.1 Å². The van der Waals surface area contributed by atoms with E-state index >= 15 is 0 Å². The Morgan fingerprint density at radius 2 is 1.69 bits per heavy atom. The molecule has 1 amide bonds. The molecule has 2 heterocycles. The van der Waals surface area contributed by atoms with E-state index in [1.807, 2.05) is 24.1 Å². The molecule has 0 bridgehead atoms. The maximum absolute atomic E-state index is 11.4. The van der Waals surface area contributed by atoms with Gasteiger partial charge in [0.25, 0.3) is 0 Å². The third-order valence-corrected chi connectivity index (χ3v) is 5.75. The number of aliphatic imine (C=N–C) groups is 1. The van der Waals surface area contributed by atoms with E-state index in [-0.39, 0.29) is 5.91 Å². The van der Waals surface area contributed by atoms with Gasteiger partial charge in [-0.25, -0.2) is 0 Å². The number of hydrogen-bond acceptors (Lipinski definition) is 5. The van der Waals surface area contributed by atoms with Gasteiger partial charge < -0.3 is 24.8 Å². The molecule has 2 aliphatic rings. The zero-order valence-corrected chi connectivity index (χ0v) is 17.9. The van der Waals surface area contributed by atoms with Crippen molar-refractivity contribution < 1.29 is 9.53 Å². The van der Waals surface area contributed by atoms with Crippen LogP contribution in [0.2, 0.25) is 0 Å². The molecule has 0 unspecified atom stereocenters. The van der Waals surface area contributed by atoms with Gasteiger partial charge in [-0.1, -0.05) is 12.1 Å². The van der Waals surface area contributed by atoms with Crippen molar-refractivity contribution in [3.8, 4) is 5.75 Å². The maximum atomic E-state index is 11.4. The predicted octanol–water partition coefficient (Wildman–Crippen LogP) is 0.557. The number of piperazine rings is 2. The van der Waals surface area contributed by atoms with Crippen LogP contribution >= 0.6 is 0 Å². The summed E-state index contributed by atoms with van der Waals surface area (Å²) < 4.78 is 5.51. The maximum Gasteiger partial charge on any atom is 0.219 e. The zero-order valence-electron chi connectivity index (χ0n) is 17.9. The minimum atomic E-state index is 0.176. The summed E-state index contributed by atoms with van der Waals surface area (Å²) in [4.78, 5) is 24.9. The largest absolute Gasteiger partial charge is 0.495 e. The molecule has 160 valence electrons. The van der Waals surface area contributed by atoms with E-state index in [0.717, 1.165) is 82.8 Å². The van der Waals surface area contributed by atoms with Crippen LogP contribution in [-0.2, 0) is 4.79 Å². The average molecular weight is 403 g/mol. The molecule has 0 radical (unpaired) electrons. The first-order valence-corrected chi connectivity index (χ1v) is 10.4. The third-order valence-electron chi connectivity index (χ3n) is 5.75. The Hall–Kier alpha value is -2.48. The number of methoxy groups -OCH3 is 1. The van der Waals surface area contributed by atoms with Gasteiger partial charge in [0.15, 0.2) is 5.96 Å². The molecule has 2 fully saturated rings. The zero-order chi connectivity index (χ0) is 20.6. The highest BCUT2D eigenvalue weighted by Crippen LogP contribution is 2.28. The molecular weight excluding hydrogens is 368 g/mol. The van der Waals surface area contributed by atoms with Crippen molar-refractivity contribution in [3.05, 3.63) is 24.3 Å². The van der Waals surface area contributed by atoms with Crippen molar-refractivity contribution in [1.82, 2.24) is 20.0 Å². The van der Waals surface area contributed by atoms with Crippen molar-refractivity contribution in [2.75, 3.05) is 84.5 Å². The second-order valence-corrected chi connectivity index (χ2v) is 7.47. The van der Waals surface area contributed by atoms with E-state index < -0.39 is 0 Å². The summed E-state index contributed by atoms with van der Waals surface area (Å²) in [6.07, 6.45) is 0. The Bertz CT molecular complexity index is 694. The second kappa shape index (κ2) is 10.3. The highest BCUT2D eigenvalue weighted by Gasteiger charge is 2.22. The molecule has 8 heteroatoms. The summed E-state index contributed by atoms with van der Waals surface area (Å²) >= 11 is 0. The van der Waals surface area contributed by atoms with Crippen LogP contribution < -0.4 is 15.0 Å². The fourth-order valence-electron chi connectivity index (χ4n) is 3.99. The molecule has 8 nitrogen and oxygen atoms in total. The fraction of sp³-hybridized carbons (Fsp3) is 0.619. The first-order valence-electron chi connectivity index (χ1n) is 10.4. The summed E-state index contributed by atoms with van der Waals surface area (Å²) in [5.41, 5.74) is 1.15. The number of nitrogens with one attached hydrogen (secondary N) is 1. The van der Waals surface area contributed by atoms with Crippen LogP contribution in [-0.4, -0.2) is 106 Å². The number of nitrogens with zero attached hydrogens (tertiary/aromatic N) is 5. The lowest BCUT2D eigenvalue weighted by Crippen LogP contribution is -2.54. The van der Waals surface area contributed by atoms with E-state index in [9.17, 15) is 4.79 Å². The van der Waals surface area contributed by atoms with E-state index in [4.69, 9.17) is 4.74 Å². The number of carbonyl (C=O) groups is 1. The molecule has 0 atom stereocenters. The molecule has 1 N–H and O–H groups in total. The van der Waals surface area contributed by atoms with Crippen LogP contribution in [0, 0.1) is 0 Å². The summed E-state index contributed by atoms with van der Waals surface area (Å²) in [6.45, 7) is 10.7. The quantitative estimate of drug-likeness (QED) is 0.574. The number of amides is 1. The fourth-order valence-corrected chi connectivity index (χ4v) is 3.99. The predicted molar refractivity (Wildman–Crippen MR) is 117 cm³/mol. The summed E-state index contributed by atoms with van der Waals surface area (Å²) in [6, 6.07) is 8.19. The van der Waals surface area contributed by atoms with Crippen molar-refractivity contribution in [1.29, 1.82) is 0 Å². The van der Waals surface area contributed by atoms with E-state index in [0.29, 0.717) is 0 Å². The van der Waals surface area contributed by atoms with Gasteiger partial charge in [0, 0.05) is 79.4 Å². The monoisotopic (exact) mass is 402 g/mol. The molecule has 1 aromatic carbocycles. The lowest BCUT2D eigenvalue weighted by molar-refractivity contribution is -0.130. The lowest BCUT2D eigenvalue weighted by atomic mass is 10.2. The van der Waals surface area contributed by atoms with E-state index in [1.165, 1.54) is 0 Å². The number of hydrogen-bond donors (Lipinski definition) is 1. The Morgan fingerprint density at radius 3 is 2.31 bits per heavy atom. The minimum Gasteiger partial charge on any atom is -0.495 e. The Labute approximate surface area is 174 Å². The molecule has 29 heavy (non-hydrogen) atoms. The standard InChI is InChI=1S/C21H34N6O2/c1-18(28)25-12-10-24(11-13-25)9-8-23-21(22-2)27-16-14-26(15-17-27)19-6-4-5-7-20(19)29-3/h4-7H,8-17H2,1-3H3,(H,22,23). The second-order valence-electron chi connectivity index (χ2n) is 7.47. The Balaban J connectivity index is 1.42. The Morgan fingerprint density at radius 1 is 1.03 bits per heavy atom. The lowest BCUT2D eigenvalue weighted by Gasteiger charge is -2.38. The number of rotatable bonds is 5. The highest BCUT2D eigenvalue weighted by atomic mass is 16.5. The molecule has 2 saturated heterocycles. The van der Waals surface area contributed by atoms with Crippen molar-refractivity contribution in [2.45, 2.75) is 6.92 Å². The number of benzene rings is 1. The molecule has 0 spiro atoms. The molecular formula is C21H34N6O2.